The molecule has 3 rings (SSSR count). The van der Waals surface area contributed by atoms with Gasteiger partial charge in [-0.1, -0.05) is 0 Å². The number of aromatic nitrogens is 3. The number of carbonyl (C=O) groups excluding carboxylic acids is 1. The lowest BCUT2D eigenvalue weighted by Gasteiger charge is -2.14. The Balaban J connectivity index is 2.31. The number of rotatable bonds is 2. The van der Waals surface area contributed by atoms with Crippen LogP contribution in [0.4, 0.5) is 10.6 Å². The molecule has 1 aliphatic carbocycles. The van der Waals surface area contributed by atoms with Gasteiger partial charge in [0.25, 0.3) is 0 Å². The van der Waals surface area contributed by atoms with E-state index in [0.29, 0.717) is 4.57 Å². The molecule has 1 aliphatic rings. The highest BCUT2D eigenvalue weighted by atomic mass is 16.5. The molecule has 0 unspecified atom stereocenters. The molecule has 3 N–H and O–H groups in total. The van der Waals surface area contributed by atoms with Crippen molar-refractivity contribution in [2.24, 2.45) is 6.98 Å². The van der Waals surface area contributed by atoms with Gasteiger partial charge in [-0.15, -0.1) is 0 Å². The molecule has 1 fully saturated rings. The fraction of sp³-hybridized carbons (Fsp3) is 0.500. The fourth-order valence-electron chi connectivity index (χ4n) is 2.29. The molecule has 8 nitrogen and oxygen atoms in total. The van der Waals surface area contributed by atoms with Crippen molar-refractivity contribution in [2.75, 3.05) is 12.8 Å². The van der Waals surface area contributed by atoms with Gasteiger partial charge < -0.3 is 15.8 Å². The van der Waals surface area contributed by atoms with E-state index < -0.39 is 50.0 Å². The molecule has 1 saturated carbocycles. The number of ether oxygens (including phenoxy) is 1. The van der Waals surface area contributed by atoms with Crippen LogP contribution in [0, 0.1) is 0 Å². The molecule has 0 saturated heterocycles. The van der Waals surface area contributed by atoms with Crippen molar-refractivity contribution < 1.29 is 20.5 Å². The van der Waals surface area contributed by atoms with Crippen molar-refractivity contribution in [1.29, 1.82) is 0 Å². The van der Waals surface area contributed by atoms with E-state index in [1.165, 1.54) is 6.07 Å². The summed E-state index contributed by atoms with van der Waals surface area (Å²) in [4.78, 5) is 28.5. The standard InChI is InChI=1S/C14H19N5O3/c1-18-11-7-16-12(15)6-10(11)19(14(18)21)9-4-3-8(5-9)17-13(20)22-2/h6-9H,3-5H2,1-2H3,(H2,15,16)(H,17,20)/t8-,9-/m1/s1/i1D3,3D2,5D2,8D. The summed E-state index contributed by atoms with van der Waals surface area (Å²) in [7, 11) is 0.973. The predicted molar refractivity (Wildman–Crippen MR) is 81.6 cm³/mol. The molecule has 2 aromatic rings. The van der Waals surface area contributed by atoms with Crippen molar-refractivity contribution in [3.8, 4) is 0 Å². The summed E-state index contributed by atoms with van der Waals surface area (Å²) in [6, 6.07) is -3.32. The summed E-state index contributed by atoms with van der Waals surface area (Å²) >= 11 is 0. The van der Waals surface area contributed by atoms with Crippen LogP contribution >= 0.6 is 0 Å². The average molecular weight is 313 g/mol. The predicted octanol–water partition coefficient (Wildman–Crippen LogP) is 0.767. The largest absolute Gasteiger partial charge is 0.453 e. The average Bonchev–Trinajstić information content (AvgIpc) is 2.95. The van der Waals surface area contributed by atoms with Gasteiger partial charge in [-0.2, -0.15) is 0 Å². The summed E-state index contributed by atoms with van der Waals surface area (Å²) in [6.07, 6.45) is -6.41. The van der Waals surface area contributed by atoms with Crippen molar-refractivity contribution in [3.63, 3.8) is 0 Å². The number of nitrogen functional groups attached to an aromatic ring is 1. The van der Waals surface area contributed by atoms with E-state index in [-0.39, 0.29) is 16.9 Å². The molecule has 22 heavy (non-hydrogen) atoms. The minimum Gasteiger partial charge on any atom is -0.453 e. The van der Waals surface area contributed by atoms with Crippen molar-refractivity contribution in [3.05, 3.63) is 22.7 Å². The lowest BCUT2D eigenvalue weighted by molar-refractivity contribution is 0.166. The van der Waals surface area contributed by atoms with Crippen molar-refractivity contribution in [2.45, 2.75) is 31.2 Å². The van der Waals surface area contributed by atoms with Gasteiger partial charge in [0.15, 0.2) is 0 Å². The Morgan fingerprint density at radius 1 is 1.68 bits per heavy atom. The number of nitrogens with two attached hydrogens (primary N) is 1. The zero-order valence-electron chi connectivity index (χ0n) is 19.6. The lowest BCUT2D eigenvalue weighted by atomic mass is 10.2. The van der Waals surface area contributed by atoms with Crippen LogP contribution in [0.3, 0.4) is 0 Å². The molecule has 0 aliphatic heterocycles. The number of anilines is 1. The number of methoxy groups -OCH3 is 1. The second kappa shape index (κ2) is 5.36. The van der Waals surface area contributed by atoms with Crippen LogP contribution in [-0.2, 0) is 11.7 Å². The van der Waals surface area contributed by atoms with Gasteiger partial charge >= 0.3 is 11.8 Å². The van der Waals surface area contributed by atoms with E-state index in [4.69, 9.17) is 16.7 Å². The third kappa shape index (κ3) is 2.30. The van der Waals surface area contributed by atoms with Crippen LogP contribution in [0.25, 0.3) is 11.0 Å². The van der Waals surface area contributed by atoms with Crippen LogP contribution in [-0.4, -0.2) is 33.3 Å². The molecule has 1 amide bonds. The van der Waals surface area contributed by atoms with Crippen LogP contribution in [0.15, 0.2) is 17.1 Å². The van der Waals surface area contributed by atoms with E-state index in [1.807, 2.05) is 5.32 Å². The molecule has 0 bridgehead atoms. The first-order valence-corrected chi connectivity index (χ1v) is 6.33. The molecular formula is C14H19N5O3. The summed E-state index contributed by atoms with van der Waals surface area (Å²) in [5.74, 6) is -0.0784. The van der Waals surface area contributed by atoms with Gasteiger partial charge in [0.05, 0.1) is 25.7 Å². The van der Waals surface area contributed by atoms with Gasteiger partial charge in [-0.05, 0) is 19.2 Å². The smallest absolute Gasteiger partial charge is 0.407 e. The number of carbonyl (C=O) groups is 1. The molecule has 0 spiro atoms. The monoisotopic (exact) mass is 313 g/mol. The van der Waals surface area contributed by atoms with Gasteiger partial charge in [0, 0.05) is 34.7 Å². The molecule has 0 radical (unpaired) electrons. The molecule has 0 aromatic carbocycles. The highest BCUT2D eigenvalue weighted by Crippen LogP contribution is 2.31. The third-order valence-corrected chi connectivity index (χ3v) is 3.29. The van der Waals surface area contributed by atoms with Crippen LogP contribution in [0.1, 0.15) is 36.2 Å². The highest BCUT2D eigenvalue weighted by Gasteiger charge is 2.30. The Hall–Kier alpha value is -2.51. The molecule has 2 atom stereocenters. The normalized spacial score (nSPS) is 35.0. The summed E-state index contributed by atoms with van der Waals surface area (Å²) < 4.78 is 70.3. The molecule has 8 heteroatoms. The number of hydrogen-bond donors (Lipinski definition) is 2. The number of hydrogen-bond acceptors (Lipinski definition) is 5. The highest BCUT2D eigenvalue weighted by molar-refractivity contribution is 5.77. The van der Waals surface area contributed by atoms with Crippen molar-refractivity contribution in [1.82, 2.24) is 19.4 Å². The SMILES string of the molecule is [2H]C([2H])([2H])n1c(=O)n([C@@H]2CC([2H])([2H])[C@@]([2H])(NC(=O)OC)C2([2H])[2H])c2cc(N)ncc21. The number of nitrogens with one attached hydrogen (secondary N) is 1. The minimum atomic E-state index is -2.94. The Morgan fingerprint density at radius 2 is 2.50 bits per heavy atom. The maximum Gasteiger partial charge on any atom is 0.407 e. The van der Waals surface area contributed by atoms with Gasteiger partial charge in [-0.25, -0.2) is 14.6 Å². The summed E-state index contributed by atoms with van der Waals surface area (Å²) in [6.45, 7) is -2.94. The Morgan fingerprint density at radius 3 is 3.23 bits per heavy atom. The number of amides is 1. The maximum atomic E-state index is 13.1. The number of imidazole rings is 1. The Labute approximate surface area is 138 Å². The van der Waals surface area contributed by atoms with Crippen LogP contribution in [0.2, 0.25) is 0 Å². The van der Waals surface area contributed by atoms with E-state index in [2.05, 4.69) is 9.72 Å². The second-order valence-electron chi connectivity index (χ2n) is 4.62. The van der Waals surface area contributed by atoms with Gasteiger partial charge in [0.2, 0.25) is 0 Å². The zero-order chi connectivity index (χ0) is 22.9. The molecular weight excluding hydrogens is 286 g/mol. The van der Waals surface area contributed by atoms with Gasteiger partial charge in [-0.3, -0.25) is 9.13 Å². The van der Waals surface area contributed by atoms with E-state index >= 15 is 0 Å². The molecule has 2 aromatic heterocycles. The first-order chi connectivity index (χ1) is 13.6. The molecule has 118 valence electrons. The minimum absolute atomic E-state index is 0.0784. The number of pyridine rings is 1. The number of fused-ring (bicyclic) bond motifs is 1. The second-order valence-corrected chi connectivity index (χ2v) is 4.62. The van der Waals surface area contributed by atoms with E-state index in [9.17, 15) is 9.59 Å². The van der Waals surface area contributed by atoms with E-state index in [0.717, 1.165) is 17.9 Å². The van der Waals surface area contributed by atoms with Gasteiger partial charge in [0.1, 0.15) is 5.82 Å². The van der Waals surface area contributed by atoms with Crippen LogP contribution in [0.5, 0.6) is 0 Å². The first-order valence-electron chi connectivity index (χ1n) is 10.3. The quantitative estimate of drug-likeness (QED) is 0.852. The number of nitrogens with zero attached hydrogens (tertiary/aromatic N) is 3. The van der Waals surface area contributed by atoms with Crippen LogP contribution < -0.4 is 16.7 Å². The van der Waals surface area contributed by atoms with Crippen molar-refractivity contribution >= 4 is 22.9 Å². The Bertz CT molecular complexity index is 1080. The Kier molecular flexibility index (Phi) is 1.87. The summed E-state index contributed by atoms with van der Waals surface area (Å²) in [5.41, 5.74) is 4.27. The third-order valence-electron chi connectivity index (χ3n) is 3.29. The lowest BCUT2D eigenvalue weighted by Crippen LogP contribution is -2.33. The summed E-state index contributed by atoms with van der Waals surface area (Å²) in [5, 5.41) is 1.89. The maximum absolute atomic E-state index is 13.1. The first kappa shape index (κ1) is 7.66. The zero-order valence-corrected chi connectivity index (χ0v) is 11.6. The topological polar surface area (TPSA) is 104 Å². The molecule has 2 heterocycles. The van der Waals surface area contributed by atoms with E-state index in [1.54, 1.807) is 0 Å². The number of aryl methyl sites for hydroxylation is 1. The fourth-order valence-corrected chi connectivity index (χ4v) is 2.29. The number of alkyl carbamates (subject to hydrolysis) is 1.